The maximum Gasteiger partial charge on any atom is 0.303 e. The van der Waals surface area contributed by atoms with Crippen molar-refractivity contribution in [3.8, 4) is 17.1 Å². The van der Waals surface area contributed by atoms with Crippen molar-refractivity contribution in [3.05, 3.63) is 70.4 Å². The molecule has 0 radical (unpaired) electrons. The Kier molecular flexibility index (Phi) is 5.87. The van der Waals surface area contributed by atoms with Crippen LogP contribution in [-0.2, 0) is 14.3 Å². The van der Waals surface area contributed by atoms with Gasteiger partial charge in [0.25, 0.3) is 0 Å². The van der Waals surface area contributed by atoms with Gasteiger partial charge >= 0.3 is 5.97 Å². The van der Waals surface area contributed by atoms with Gasteiger partial charge in [0.1, 0.15) is 17.1 Å². The molecule has 0 aliphatic carbocycles. The first-order valence-electron chi connectivity index (χ1n) is 9.35. The molecule has 0 unspecified atom stereocenters. The van der Waals surface area contributed by atoms with Crippen LogP contribution >= 0.6 is 0 Å². The third-order valence-corrected chi connectivity index (χ3v) is 4.57. The molecule has 2 aromatic carbocycles. The maximum absolute atomic E-state index is 12.7. The maximum atomic E-state index is 12.7. The van der Waals surface area contributed by atoms with E-state index in [0.29, 0.717) is 28.0 Å². The van der Waals surface area contributed by atoms with Crippen molar-refractivity contribution >= 4 is 28.8 Å². The molecule has 0 fully saturated rings. The number of hydrogen-bond donors (Lipinski definition) is 0. The second-order valence-electron chi connectivity index (χ2n) is 7.20. The van der Waals surface area contributed by atoms with E-state index in [1.807, 2.05) is 30.3 Å². The van der Waals surface area contributed by atoms with Gasteiger partial charge in [0.15, 0.2) is 16.8 Å². The number of rotatable bonds is 6. The molecule has 1 heterocycles. The number of fused-ring (bicyclic) bond motifs is 1. The molecule has 154 valence electrons. The number of carbonyl (C=O) groups is 2. The molecule has 0 saturated carbocycles. The largest absolute Gasteiger partial charge is 0.496 e. The van der Waals surface area contributed by atoms with Gasteiger partial charge in [0.05, 0.1) is 18.1 Å². The molecule has 0 spiro atoms. The normalized spacial score (nSPS) is 11.6. The second kappa shape index (κ2) is 8.37. The summed E-state index contributed by atoms with van der Waals surface area (Å²) in [4.78, 5) is 36.5. The first-order valence-corrected chi connectivity index (χ1v) is 9.35. The lowest BCUT2D eigenvalue weighted by Crippen LogP contribution is -2.35. The quantitative estimate of drug-likeness (QED) is 0.446. The number of methoxy groups -OCH3 is 1. The van der Waals surface area contributed by atoms with Gasteiger partial charge in [-0.2, -0.15) is 0 Å². The van der Waals surface area contributed by atoms with Crippen LogP contribution in [0.1, 0.15) is 26.3 Å². The van der Waals surface area contributed by atoms with E-state index in [0.717, 1.165) is 5.56 Å². The standard InChI is InChI=1S/C24H22O6/c1-15(25)30-24(2,3)22(27)13-11-18-20(28-4)12-10-17-19(26)14-21(29-23(17)18)16-8-6-5-7-9-16/h5-14H,1-4H3. The number of ketones is 1. The highest BCUT2D eigenvalue weighted by atomic mass is 16.6. The highest BCUT2D eigenvalue weighted by Gasteiger charge is 2.28. The summed E-state index contributed by atoms with van der Waals surface area (Å²) in [6.07, 6.45) is 2.79. The summed E-state index contributed by atoms with van der Waals surface area (Å²) in [5, 5.41) is 0.363. The van der Waals surface area contributed by atoms with E-state index in [-0.39, 0.29) is 5.43 Å². The van der Waals surface area contributed by atoms with Crippen molar-refractivity contribution in [2.45, 2.75) is 26.4 Å². The first kappa shape index (κ1) is 21.0. The lowest BCUT2D eigenvalue weighted by atomic mass is 10.0. The molecule has 3 rings (SSSR count). The fourth-order valence-corrected chi connectivity index (χ4v) is 3.07. The smallest absolute Gasteiger partial charge is 0.303 e. The summed E-state index contributed by atoms with van der Waals surface area (Å²) >= 11 is 0. The van der Waals surface area contributed by atoms with E-state index in [1.165, 1.54) is 46.1 Å². The van der Waals surface area contributed by atoms with Crippen molar-refractivity contribution < 1.29 is 23.5 Å². The molecule has 6 nitrogen and oxygen atoms in total. The van der Waals surface area contributed by atoms with E-state index in [9.17, 15) is 14.4 Å². The number of benzene rings is 2. The van der Waals surface area contributed by atoms with Crippen LogP contribution in [0.15, 0.2) is 63.8 Å². The lowest BCUT2D eigenvalue weighted by molar-refractivity contribution is -0.159. The topological polar surface area (TPSA) is 82.8 Å². The minimum Gasteiger partial charge on any atom is -0.496 e. The van der Waals surface area contributed by atoms with Crippen molar-refractivity contribution in [2.24, 2.45) is 0 Å². The van der Waals surface area contributed by atoms with Crippen molar-refractivity contribution in [2.75, 3.05) is 7.11 Å². The molecule has 1 aromatic heterocycles. The number of hydrogen-bond acceptors (Lipinski definition) is 6. The first-order chi connectivity index (χ1) is 14.2. The van der Waals surface area contributed by atoms with Gasteiger partial charge in [-0.3, -0.25) is 14.4 Å². The highest BCUT2D eigenvalue weighted by Crippen LogP contribution is 2.31. The molecule has 0 amide bonds. The van der Waals surface area contributed by atoms with Crippen LogP contribution in [0.5, 0.6) is 5.75 Å². The monoisotopic (exact) mass is 406 g/mol. The summed E-state index contributed by atoms with van der Waals surface area (Å²) in [5.74, 6) is -0.130. The second-order valence-corrected chi connectivity index (χ2v) is 7.20. The number of esters is 1. The molecular weight excluding hydrogens is 384 g/mol. The minimum absolute atomic E-state index is 0.209. The van der Waals surface area contributed by atoms with Gasteiger partial charge in [0.2, 0.25) is 0 Å². The Balaban J connectivity index is 2.15. The third kappa shape index (κ3) is 4.33. The van der Waals surface area contributed by atoms with Crippen molar-refractivity contribution in [1.82, 2.24) is 0 Å². The average Bonchev–Trinajstić information content (AvgIpc) is 2.71. The molecule has 0 aliphatic rings. The van der Waals surface area contributed by atoms with E-state index in [1.54, 1.807) is 12.1 Å². The summed E-state index contributed by atoms with van der Waals surface area (Å²) in [6, 6.07) is 13.9. The Morgan fingerprint density at radius 3 is 2.40 bits per heavy atom. The van der Waals surface area contributed by atoms with E-state index in [2.05, 4.69) is 0 Å². The van der Waals surface area contributed by atoms with Crippen molar-refractivity contribution in [3.63, 3.8) is 0 Å². The lowest BCUT2D eigenvalue weighted by Gasteiger charge is -2.21. The predicted octanol–water partition coefficient (Wildman–Crippen LogP) is 4.39. The van der Waals surface area contributed by atoms with Crippen LogP contribution in [0.4, 0.5) is 0 Å². The Labute approximate surface area is 173 Å². The molecule has 0 N–H and O–H groups in total. The SMILES string of the molecule is COc1ccc2c(=O)cc(-c3ccccc3)oc2c1C=CC(=O)C(C)(C)OC(C)=O. The van der Waals surface area contributed by atoms with Crippen LogP contribution in [0, 0.1) is 0 Å². The van der Waals surface area contributed by atoms with Gasteiger partial charge in [0, 0.05) is 18.6 Å². The van der Waals surface area contributed by atoms with E-state index in [4.69, 9.17) is 13.9 Å². The van der Waals surface area contributed by atoms with Crippen LogP contribution < -0.4 is 10.2 Å². The molecule has 6 heteroatoms. The molecule has 0 atom stereocenters. The predicted molar refractivity (Wildman–Crippen MR) is 114 cm³/mol. The van der Waals surface area contributed by atoms with Crippen molar-refractivity contribution in [1.29, 1.82) is 0 Å². The fourth-order valence-electron chi connectivity index (χ4n) is 3.07. The zero-order valence-corrected chi connectivity index (χ0v) is 17.2. The zero-order valence-electron chi connectivity index (χ0n) is 17.2. The van der Waals surface area contributed by atoms with Gasteiger partial charge in [-0.15, -0.1) is 0 Å². The van der Waals surface area contributed by atoms with Gasteiger partial charge in [-0.25, -0.2) is 0 Å². The summed E-state index contributed by atoms with van der Waals surface area (Å²) < 4.78 is 16.6. The Hall–Kier alpha value is -3.67. The van der Waals surface area contributed by atoms with Crippen LogP contribution in [0.2, 0.25) is 0 Å². The molecular formula is C24H22O6. The molecule has 0 aliphatic heterocycles. The molecule has 30 heavy (non-hydrogen) atoms. The molecule has 0 saturated heterocycles. The average molecular weight is 406 g/mol. The van der Waals surface area contributed by atoms with E-state index < -0.39 is 17.4 Å². The highest BCUT2D eigenvalue weighted by molar-refractivity contribution is 6.02. The summed E-state index contributed by atoms with van der Waals surface area (Å²) in [7, 11) is 1.49. The number of carbonyl (C=O) groups excluding carboxylic acids is 2. The zero-order chi connectivity index (χ0) is 21.9. The fraction of sp³-hybridized carbons (Fsp3) is 0.208. The van der Waals surface area contributed by atoms with E-state index >= 15 is 0 Å². The van der Waals surface area contributed by atoms with Crippen LogP contribution in [-0.4, -0.2) is 24.5 Å². The van der Waals surface area contributed by atoms with Crippen LogP contribution in [0.3, 0.4) is 0 Å². The molecule has 0 bridgehead atoms. The minimum atomic E-state index is -1.32. The summed E-state index contributed by atoms with van der Waals surface area (Å²) in [6.45, 7) is 4.26. The summed E-state index contributed by atoms with van der Waals surface area (Å²) in [5.41, 5.74) is -0.0388. The van der Waals surface area contributed by atoms with Crippen LogP contribution in [0.25, 0.3) is 28.4 Å². The van der Waals surface area contributed by atoms with Gasteiger partial charge in [-0.05, 0) is 38.1 Å². The number of ether oxygens (including phenoxy) is 2. The van der Waals surface area contributed by atoms with Gasteiger partial charge < -0.3 is 13.9 Å². The Morgan fingerprint density at radius 2 is 1.77 bits per heavy atom. The Bertz CT molecular complexity index is 1190. The third-order valence-electron chi connectivity index (χ3n) is 4.57. The van der Waals surface area contributed by atoms with Gasteiger partial charge in [-0.1, -0.05) is 30.3 Å². The molecule has 3 aromatic rings. The Morgan fingerprint density at radius 1 is 1.07 bits per heavy atom.